The highest BCUT2D eigenvalue weighted by atomic mass is 32.1. The largest absolute Gasteiger partial charge is 0.397 e. The molecule has 10 heteroatoms. The van der Waals surface area contributed by atoms with Gasteiger partial charge in [-0.05, 0) is 31.9 Å². The lowest BCUT2D eigenvalue weighted by Gasteiger charge is -2.21. The van der Waals surface area contributed by atoms with Gasteiger partial charge in [0.2, 0.25) is 0 Å². The predicted molar refractivity (Wildman–Crippen MR) is 128 cm³/mol. The highest BCUT2D eigenvalue weighted by Crippen LogP contribution is 2.32. The van der Waals surface area contributed by atoms with Crippen LogP contribution in [-0.2, 0) is 0 Å². The van der Waals surface area contributed by atoms with Gasteiger partial charge < -0.3 is 10.4 Å². The molecule has 0 bridgehead atoms. The zero-order valence-electron chi connectivity index (χ0n) is 18.4. The van der Waals surface area contributed by atoms with Crippen molar-refractivity contribution in [1.29, 1.82) is 0 Å². The summed E-state index contributed by atoms with van der Waals surface area (Å²) < 4.78 is 2.00. The second-order valence-corrected chi connectivity index (χ2v) is 8.53. The van der Waals surface area contributed by atoms with Crippen LogP contribution in [0.25, 0.3) is 22.0 Å². The highest BCUT2D eigenvalue weighted by Gasteiger charge is 2.22. The van der Waals surface area contributed by atoms with Crippen molar-refractivity contribution in [3.05, 3.63) is 54.1 Å². The van der Waals surface area contributed by atoms with Crippen molar-refractivity contribution in [3.63, 3.8) is 0 Å². The molecule has 4 aromatic heterocycles. The normalized spacial score (nSPS) is 13.9. The number of aromatic amines is 1. The van der Waals surface area contributed by atoms with Crippen molar-refractivity contribution in [2.24, 2.45) is 0 Å². The molecule has 172 valence electrons. The zero-order valence-corrected chi connectivity index (χ0v) is 19.3. The number of hydrogen-bond donors (Lipinski definition) is 3. The summed E-state index contributed by atoms with van der Waals surface area (Å²) in [6, 6.07) is 6.06. The van der Waals surface area contributed by atoms with Gasteiger partial charge in [0, 0.05) is 36.1 Å². The third kappa shape index (κ3) is 5.52. The smallest absolute Gasteiger partial charge is 0.275 e. The minimum atomic E-state index is -0.263. The van der Waals surface area contributed by atoms with E-state index in [0.717, 1.165) is 29.1 Å². The topological polar surface area (TPSA) is 122 Å². The Morgan fingerprint density at radius 3 is 2.82 bits per heavy atom. The van der Waals surface area contributed by atoms with Crippen LogP contribution in [0.15, 0.2) is 48.4 Å². The summed E-state index contributed by atoms with van der Waals surface area (Å²) in [7, 11) is 0. The standard InChI is InChI=1S/C21H21N7OS.C2H6O/c29-20(18-13-30-21(26-18)14-10-23-24-11-14)25-17-12-28(15-6-2-1-3-7-15)27-19(17)16-8-4-5-9-22-16;1-2-3/h4-5,8-13,15H,1-3,6-7H2,(H,23,24)(H,25,29);3H,2H2,1H3. The van der Waals surface area contributed by atoms with Crippen LogP contribution >= 0.6 is 11.3 Å². The molecule has 9 nitrogen and oxygen atoms in total. The maximum absolute atomic E-state index is 12.9. The summed E-state index contributed by atoms with van der Waals surface area (Å²) in [6.45, 7) is 1.93. The maximum Gasteiger partial charge on any atom is 0.275 e. The van der Waals surface area contributed by atoms with Gasteiger partial charge in [-0.25, -0.2) is 4.98 Å². The molecule has 1 aliphatic rings. The van der Waals surface area contributed by atoms with Crippen LogP contribution in [0.5, 0.6) is 0 Å². The molecule has 1 fully saturated rings. The van der Waals surface area contributed by atoms with E-state index >= 15 is 0 Å². The van der Waals surface area contributed by atoms with Crippen LogP contribution in [0.2, 0.25) is 0 Å². The Bertz CT molecular complexity index is 1150. The Morgan fingerprint density at radius 1 is 1.30 bits per heavy atom. The van der Waals surface area contributed by atoms with Crippen molar-refractivity contribution in [1.82, 2.24) is 29.9 Å². The molecule has 5 rings (SSSR count). The third-order valence-electron chi connectivity index (χ3n) is 5.32. The number of thiazole rings is 1. The Balaban J connectivity index is 0.000000821. The number of anilines is 1. The first kappa shape index (κ1) is 22.8. The number of aliphatic hydroxyl groups is 1. The Labute approximate surface area is 195 Å². The molecule has 0 saturated heterocycles. The van der Waals surface area contributed by atoms with E-state index in [2.05, 4.69) is 25.5 Å². The molecule has 1 saturated carbocycles. The summed E-state index contributed by atoms with van der Waals surface area (Å²) in [5.74, 6) is -0.263. The number of hydrogen-bond acceptors (Lipinski definition) is 7. The fourth-order valence-corrected chi connectivity index (χ4v) is 4.55. The third-order valence-corrected chi connectivity index (χ3v) is 6.21. The number of pyridine rings is 1. The van der Waals surface area contributed by atoms with E-state index in [0.29, 0.717) is 23.1 Å². The van der Waals surface area contributed by atoms with Crippen LogP contribution in [-0.4, -0.2) is 47.6 Å². The fraction of sp³-hybridized carbons (Fsp3) is 0.348. The van der Waals surface area contributed by atoms with E-state index < -0.39 is 0 Å². The minimum absolute atomic E-state index is 0.250. The number of aromatic nitrogens is 6. The molecule has 4 heterocycles. The predicted octanol–water partition coefficient (Wildman–Crippen LogP) is 4.55. The van der Waals surface area contributed by atoms with Gasteiger partial charge in [0.05, 0.1) is 23.6 Å². The number of H-pyrrole nitrogens is 1. The molecule has 4 aromatic rings. The molecule has 0 radical (unpaired) electrons. The average molecular weight is 466 g/mol. The lowest BCUT2D eigenvalue weighted by molar-refractivity contribution is 0.102. The molecule has 0 spiro atoms. The number of rotatable bonds is 5. The van der Waals surface area contributed by atoms with E-state index in [1.165, 1.54) is 30.6 Å². The van der Waals surface area contributed by atoms with Crippen molar-refractivity contribution in [3.8, 4) is 22.0 Å². The molecule has 3 N–H and O–H groups in total. The molecule has 1 aliphatic carbocycles. The van der Waals surface area contributed by atoms with E-state index in [9.17, 15) is 4.79 Å². The van der Waals surface area contributed by atoms with Crippen molar-refractivity contribution < 1.29 is 9.90 Å². The first-order valence-corrected chi connectivity index (χ1v) is 11.9. The van der Waals surface area contributed by atoms with Gasteiger partial charge in [0.25, 0.3) is 5.91 Å². The van der Waals surface area contributed by atoms with Crippen LogP contribution in [0.4, 0.5) is 5.69 Å². The molecular weight excluding hydrogens is 438 g/mol. The van der Waals surface area contributed by atoms with Crippen molar-refractivity contribution >= 4 is 22.9 Å². The lowest BCUT2D eigenvalue weighted by Crippen LogP contribution is -2.14. The molecule has 0 aliphatic heterocycles. The van der Waals surface area contributed by atoms with E-state index in [1.54, 1.807) is 30.9 Å². The van der Waals surface area contributed by atoms with E-state index in [1.807, 2.05) is 29.1 Å². The monoisotopic (exact) mass is 465 g/mol. The summed E-state index contributed by atoms with van der Waals surface area (Å²) in [5.41, 5.74) is 3.30. The van der Waals surface area contributed by atoms with Crippen LogP contribution in [0, 0.1) is 0 Å². The Kier molecular flexibility index (Phi) is 7.59. The van der Waals surface area contributed by atoms with Gasteiger partial charge in [-0.1, -0.05) is 25.3 Å². The second kappa shape index (κ2) is 11.0. The Morgan fingerprint density at radius 2 is 2.12 bits per heavy atom. The molecule has 1 amide bonds. The zero-order chi connectivity index (χ0) is 23.0. The number of carbonyl (C=O) groups is 1. The molecule has 33 heavy (non-hydrogen) atoms. The van der Waals surface area contributed by atoms with Gasteiger partial charge >= 0.3 is 0 Å². The van der Waals surface area contributed by atoms with Crippen LogP contribution in [0.3, 0.4) is 0 Å². The first-order chi connectivity index (χ1) is 16.2. The number of aliphatic hydroxyl groups excluding tert-OH is 1. The molecule has 0 atom stereocenters. The summed E-state index contributed by atoms with van der Waals surface area (Å²) in [4.78, 5) is 21.8. The Hall–Kier alpha value is -3.37. The maximum atomic E-state index is 12.9. The molecular formula is C23H27N7O2S. The van der Waals surface area contributed by atoms with Crippen molar-refractivity contribution in [2.75, 3.05) is 11.9 Å². The SMILES string of the molecule is CCO.O=C(Nc1cn(C2CCCCC2)nc1-c1ccccn1)c1csc(-c2cn[nH]c2)n1. The molecule has 0 unspecified atom stereocenters. The highest BCUT2D eigenvalue weighted by molar-refractivity contribution is 7.13. The molecule has 0 aromatic carbocycles. The van der Waals surface area contributed by atoms with Gasteiger partial charge in [0.1, 0.15) is 16.4 Å². The number of nitrogens with zero attached hydrogens (tertiary/aromatic N) is 5. The van der Waals surface area contributed by atoms with Gasteiger partial charge in [-0.3, -0.25) is 19.6 Å². The van der Waals surface area contributed by atoms with Gasteiger partial charge in [-0.15, -0.1) is 11.3 Å². The number of carbonyl (C=O) groups excluding carboxylic acids is 1. The quantitative estimate of drug-likeness (QED) is 0.398. The summed E-state index contributed by atoms with van der Waals surface area (Å²) >= 11 is 1.41. The van der Waals surface area contributed by atoms with E-state index in [-0.39, 0.29) is 12.5 Å². The summed E-state index contributed by atoms with van der Waals surface area (Å²) in [5, 5.41) is 24.6. The van der Waals surface area contributed by atoms with Crippen molar-refractivity contribution in [2.45, 2.75) is 45.1 Å². The van der Waals surface area contributed by atoms with Gasteiger partial charge in [0.15, 0.2) is 0 Å². The van der Waals surface area contributed by atoms with Crippen LogP contribution in [0.1, 0.15) is 55.6 Å². The van der Waals surface area contributed by atoms with E-state index in [4.69, 9.17) is 10.2 Å². The number of nitrogens with one attached hydrogen (secondary N) is 2. The first-order valence-electron chi connectivity index (χ1n) is 11.1. The van der Waals surface area contributed by atoms with Crippen LogP contribution < -0.4 is 5.32 Å². The van der Waals surface area contributed by atoms with Gasteiger partial charge in [-0.2, -0.15) is 10.2 Å². The second-order valence-electron chi connectivity index (χ2n) is 7.67. The average Bonchev–Trinajstić information content (AvgIpc) is 3.61. The summed E-state index contributed by atoms with van der Waals surface area (Å²) in [6.07, 6.45) is 13.0. The fourth-order valence-electron chi connectivity index (χ4n) is 3.77. The number of amides is 1. The minimum Gasteiger partial charge on any atom is -0.397 e. The lowest BCUT2D eigenvalue weighted by atomic mass is 9.96.